The Morgan fingerprint density at radius 1 is 1.44 bits per heavy atom. The molecule has 0 aliphatic carbocycles. The van der Waals surface area contributed by atoms with Crippen molar-refractivity contribution in [3.8, 4) is 10.6 Å². The molecule has 0 saturated heterocycles. The third-order valence-corrected chi connectivity index (χ3v) is 4.49. The fourth-order valence-electron chi connectivity index (χ4n) is 1.68. The number of carbonyl (C=O) groups excluding carboxylic acids is 1. The van der Waals surface area contributed by atoms with Crippen molar-refractivity contribution in [2.45, 2.75) is 19.8 Å². The van der Waals surface area contributed by atoms with Gasteiger partial charge < -0.3 is 9.72 Å². The molecule has 0 amide bonds. The van der Waals surface area contributed by atoms with E-state index in [9.17, 15) is 4.79 Å². The zero-order chi connectivity index (χ0) is 13.3. The number of H-pyrrole nitrogens is 1. The van der Waals surface area contributed by atoms with Crippen molar-refractivity contribution in [2.75, 3.05) is 7.11 Å². The van der Waals surface area contributed by atoms with Crippen LogP contribution < -0.4 is 0 Å². The van der Waals surface area contributed by atoms with E-state index in [4.69, 9.17) is 11.6 Å². The molecule has 0 fully saturated rings. The first-order chi connectivity index (χ1) is 8.52. The van der Waals surface area contributed by atoms with Crippen molar-refractivity contribution in [2.24, 2.45) is 0 Å². The van der Waals surface area contributed by atoms with E-state index in [-0.39, 0.29) is 5.97 Å². The third kappa shape index (κ3) is 2.44. The largest absolute Gasteiger partial charge is 0.464 e. The van der Waals surface area contributed by atoms with Crippen LogP contribution in [-0.4, -0.2) is 18.1 Å². The average Bonchev–Trinajstić information content (AvgIpc) is 2.93. The highest BCUT2D eigenvalue weighted by Crippen LogP contribution is 2.38. The summed E-state index contributed by atoms with van der Waals surface area (Å²) in [6.07, 6.45) is 0. The molecule has 18 heavy (non-hydrogen) atoms. The molecule has 0 bridgehead atoms. The Bertz CT molecular complexity index is 571. The summed E-state index contributed by atoms with van der Waals surface area (Å²) in [5.74, 6) is 0.0271. The Hall–Kier alpha value is -1.26. The van der Waals surface area contributed by atoms with Gasteiger partial charge in [-0.25, -0.2) is 4.79 Å². The molecule has 0 unspecified atom stereocenters. The SMILES string of the molecule is COC(=O)c1ccc(-c2cc(Cl)c(C(C)C)s2)[nH]1. The predicted molar refractivity (Wildman–Crippen MR) is 74.5 cm³/mol. The zero-order valence-electron chi connectivity index (χ0n) is 10.4. The van der Waals surface area contributed by atoms with Crippen LogP contribution in [0.15, 0.2) is 18.2 Å². The summed E-state index contributed by atoms with van der Waals surface area (Å²) in [6, 6.07) is 5.50. The van der Waals surface area contributed by atoms with E-state index in [1.165, 1.54) is 7.11 Å². The van der Waals surface area contributed by atoms with Gasteiger partial charge in [0, 0.05) is 4.88 Å². The molecule has 0 aromatic carbocycles. The summed E-state index contributed by atoms with van der Waals surface area (Å²) in [6.45, 7) is 4.21. The first-order valence-corrected chi connectivity index (χ1v) is 6.79. The first kappa shape index (κ1) is 13.2. The summed E-state index contributed by atoms with van der Waals surface area (Å²) < 4.78 is 4.66. The number of methoxy groups -OCH3 is 1. The van der Waals surface area contributed by atoms with Crippen LogP contribution in [0, 0.1) is 0 Å². The quantitative estimate of drug-likeness (QED) is 0.853. The Morgan fingerprint density at radius 2 is 2.17 bits per heavy atom. The van der Waals surface area contributed by atoms with Crippen molar-refractivity contribution < 1.29 is 9.53 Å². The van der Waals surface area contributed by atoms with Crippen LogP contribution in [0.3, 0.4) is 0 Å². The van der Waals surface area contributed by atoms with Crippen molar-refractivity contribution in [3.63, 3.8) is 0 Å². The first-order valence-electron chi connectivity index (χ1n) is 5.60. The lowest BCUT2D eigenvalue weighted by Crippen LogP contribution is -2.00. The fourth-order valence-corrected chi connectivity index (χ4v) is 3.22. The molecule has 0 aliphatic rings. The van der Waals surface area contributed by atoms with Gasteiger partial charge in [-0.1, -0.05) is 25.4 Å². The minimum Gasteiger partial charge on any atom is -0.464 e. The smallest absolute Gasteiger partial charge is 0.354 e. The van der Waals surface area contributed by atoms with Crippen LogP contribution in [0.2, 0.25) is 5.02 Å². The fraction of sp³-hybridized carbons (Fsp3) is 0.308. The van der Waals surface area contributed by atoms with Crippen LogP contribution in [0.1, 0.15) is 35.1 Å². The van der Waals surface area contributed by atoms with E-state index in [1.54, 1.807) is 17.4 Å². The van der Waals surface area contributed by atoms with Gasteiger partial charge in [0.2, 0.25) is 0 Å². The van der Waals surface area contributed by atoms with Crippen molar-refractivity contribution in [3.05, 3.63) is 33.8 Å². The molecule has 2 heterocycles. The molecular formula is C13H14ClNO2S. The molecule has 2 rings (SSSR count). The van der Waals surface area contributed by atoms with E-state index in [2.05, 4.69) is 23.6 Å². The minimum absolute atomic E-state index is 0.368. The van der Waals surface area contributed by atoms with Crippen LogP contribution >= 0.6 is 22.9 Å². The molecule has 5 heteroatoms. The zero-order valence-corrected chi connectivity index (χ0v) is 12.0. The molecule has 1 N–H and O–H groups in total. The van der Waals surface area contributed by atoms with Gasteiger partial charge in [-0.15, -0.1) is 11.3 Å². The number of hydrogen-bond donors (Lipinski definition) is 1. The van der Waals surface area contributed by atoms with Gasteiger partial charge >= 0.3 is 5.97 Å². The summed E-state index contributed by atoms with van der Waals surface area (Å²) in [7, 11) is 1.36. The maximum absolute atomic E-state index is 11.4. The number of aromatic nitrogens is 1. The average molecular weight is 284 g/mol. The molecule has 96 valence electrons. The highest BCUT2D eigenvalue weighted by atomic mass is 35.5. The van der Waals surface area contributed by atoms with E-state index in [1.807, 2.05) is 12.1 Å². The predicted octanol–water partition coefficient (Wildman–Crippen LogP) is 4.31. The topological polar surface area (TPSA) is 42.1 Å². The molecule has 2 aromatic rings. The number of halogens is 1. The van der Waals surface area contributed by atoms with Crippen molar-refractivity contribution in [1.29, 1.82) is 0 Å². The van der Waals surface area contributed by atoms with Gasteiger partial charge in [0.15, 0.2) is 0 Å². The van der Waals surface area contributed by atoms with Crippen molar-refractivity contribution in [1.82, 2.24) is 4.98 Å². The maximum atomic E-state index is 11.4. The van der Waals surface area contributed by atoms with Crippen LogP contribution in [-0.2, 0) is 4.74 Å². The highest BCUT2D eigenvalue weighted by molar-refractivity contribution is 7.16. The van der Waals surface area contributed by atoms with Gasteiger partial charge in [-0.05, 0) is 24.1 Å². The molecule has 2 aromatic heterocycles. The lowest BCUT2D eigenvalue weighted by Gasteiger charge is -1.99. The number of rotatable bonds is 3. The van der Waals surface area contributed by atoms with Gasteiger partial charge in [0.25, 0.3) is 0 Å². The minimum atomic E-state index is -0.368. The number of aromatic amines is 1. The second-order valence-electron chi connectivity index (χ2n) is 4.25. The Kier molecular flexibility index (Phi) is 3.78. The van der Waals surface area contributed by atoms with Gasteiger partial charge in [-0.2, -0.15) is 0 Å². The molecule has 3 nitrogen and oxygen atoms in total. The van der Waals surface area contributed by atoms with E-state index >= 15 is 0 Å². The van der Waals surface area contributed by atoms with E-state index in [0.717, 1.165) is 20.5 Å². The second-order valence-corrected chi connectivity index (χ2v) is 5.75. The second kappa shape index (κ2) is 5.16. The number of nitrogens with one attached hydrogen (secondary N) is 1. The molecule has 0 aliphatic heterocycles. The standard InChI is InChI=1S/C13H14ClNO2S/c1-7(2)12-8(14)6-11(18-12)9-4-5-10(15-9)13(16)17-3/h4-7,15H,1-3H3. The van der Waals surface area contributed by atoms with Gasteiger partial charge in [-0.3, -0.25) is 0 Å². The third-order valence-electron chi connectivity index (χ3n) is 2.59. The molecule has 0 radical (unpaired) electrons. The normalized spacial score (nSPS) is 10.9. The number of esters is 1. The number of carbonyl (C=O) groups is 1. The van der Waals surface area contributed by atoms with E-state index in [0.29, 0.717) is 11.6 Å². The lowest BCUT2D eigenvalue weighted by molar-refractivity contribution is 0.0595. The number of ether oxygens (including phenoxy) is 1. The van der Waals surface area contributed by atoms with Crippen molar-refractivity contribution >= 4 is 28.9 Å². The van der Waals surface area contributed by atoms with E-state index < -0.39 is 0 Å². The summed E-state index contributed by atoms with van der Waals surface area (Å²) >= 11 is 7.83. The van der Waals surface area contributed by atoms with Crippen LogP contribution in [0.25, 0.3) is 10.6 Å². The monoisotopic (exact) mass is 283 g/mol. The van der Waals surface area contributed by atoms with Crippen LogP contribution in [0.5, 0.6) is 0 Å². The molecule has 0 spiro atoms. The molecule has 0 saturated carbocycles. The number of thiophene rings is 1. The summed E-state index contributed by atoms with van der Waals surface area (Å²) in [5, 5.41) is 0.777. The summed E-state index contributed by atoms with van der Waals surface area (Å²) in [5.41, 5.74) is 1.33. The number of hydrogen-bond acceptors (Lipinski definition) is 3. The van der Waals surface area contributed by atoms with Gasteiger partial charge in [0.1, 0.15) is 5.69 Å². The highest BCUT2D eigenvalue weighted by Gasteiger charge is 2.14. The maximum Gasteiger partial charge on any atom is 0.354 e. The molecular weight excluding hydrogens is 270 g/mol. The van der Waals surface area contributed by atoms with Crippen LogP contribution in [0.4, 0.5) is 0 Å². The molecule has 0 atom stereocenters. The Balaban J connectivity index is 2.34. The Labute approximate surface area is 115 Å². The summed E-state index contributed by atoms with van der Waals surface area (Å²) in [4.78, 5) is 16.6. The van der Waals surface area contributed by atoms with Gasteiger partial charge in [0.05, 0.1) is 22.7 Å². The Morgan fingerprint density at radius 3 is 2.72 bits per heavy atom. The lowest BCUT2D eigenvalue weighted by atomic mass is 10.2.